The molecule has 0 spiro atoms. The van der Waals surface area contributed by atoms with Crippen molar-refractivity contribution in [1.29, 1.82) is 0 Å². The number of hydrogen-bond donors (Lipinski definition) is 4. The Morgan fingerprint density at radius 3 is 1.98 bits per heavy atom. The molecule has 52 heavy (non-hydrogen) atoms. The van der Waals surface area contributed by atoms with Gasteiger partial charge in [0.2, 0.25) is 0 Å². The lowest BCUT2D eigenvalue weighted by Gasteiger charge is -2.20. The van der Waals surface area contributed by atoms with E-state index in [0.717, 1.165) is 38.5 Å². The zero-order chi connectivity index (χ0) is 38.7. The van der Waals surface area contributed by atoms with Gasteiger partial charge in [-0.2, -0.15) is 0 Å². The minimum atomic E-state index is -4.64. The maximum atomic E-state index is 12.5. The van der Waals surface area contributed by atoms with E-state index in [9.17, 15) is 29.3 Å². The zero-order valence-corrected chi connectivity index (χ0v) is 32.7. The van der Waals surface area contributed by atoms with Crippen molar-refractivity contribution in [2.75, 3.05) is 26.4 Å². The number of hydrogen-bond acceptors (Lipinski definition) is 10. The predicted octanol–water partition coefficient (Wildman–Crippen LogP) is 8.15. The van der Waals surface area contributed by atoms with Gasteiger partial charge in [-0.25, -0.2) is 4.57 Å². The van der Waals surface area contributed by atoms with Crippen LogP contribution < -0.4 is 0 Å². The van der Waals surface area contributed by atoms with Crippen LogP contribution in [0.15, 0.2) is 72.9 Å². The van der Waals surface area contributed by atoms with Crippen molar-refractivity contribution in [1.82, 2.24) is 0 Å². The van der Waals surface area contributed by atoms with Crippen LogP contribution in [-0.2, 0) is 32.7 Å². The van der Waals surface area contributed by atoms with Gasteiger partial charge in [0.1, 0.15) is 12.7 Å². The van der Waals surface area contributed by atoms with Crippen molar-refractivity contribution in [3.8, 4) is 0 Å². The number of esters is 2. The molecule has 2 unspecified atom stereocenters. The normalized spacial score (nSPS) is 15.5. The third-order valence-electron chi connectivity index (χ3n) is 7.40. The highest BCUT2D eigenvalue weighted by Crippen LogP contribution is 2.43. The van der Waals surface area contributed by atoms with E-state index in [1.165, 1.54) is 19.3 Å². The largest absolute Gasteiger partial charge is 0.472 e. The van der Waals surface area contributed by atoms with Crippen LogP contribution in [0.5, 0.6) is 0 Å². The molecule has 0 aliphatic rings. The number of allylic oxidation sites excluding steroid dienone is 10. The second-order valence-corrected chi connectivity index (χ2v) is 14.4. The Balaban J connectivity index is 4.55. The van der Waals surface area contributed by atoms with Crippen molar-refractivity contribution in [2.24, 2.45) is 5.92 Å². The highest BCUT2D eigenvalue weighted by molar-refractivity contribution is 7.47. The summed E-state index contributed by atoms with van der Waals surface area (Å²) in [6.07, 6.45) is 32.5. The van der Waals surface area contributed by atoms with Crippen molar-refractivity contribution >= 4 is 19.8 Å². The molecule has 0 aromatic rings. The average molecular weight is 755 g/mol. The number of carbonyl (C=O) groups is 2. The standard InChI is InChI=1S/C40H67O11P/c1-4-5-21-27-36(42)28-23-18-13-11-9-7-6-8-10-12-14-20-25-30-40(45)51-38(34-50-52(46,47)49-32-37(43)31-41)33-48-39(44)29-24-19-16-15-17-22-26-35(2)3/h5,7-10,13-14,18,20-21,23,28,35-38,41-43H,4,6,11-12,15-17,19,22,24-27,29-34H2,1-3H3,(H,46,47)/b9-7-,10-8-,18-13+,20-14-,21-5-,28-23+/t36?,37-,38+/m0/s1. The van der Waals surface area contributed by atoms with Crippen molar-refractivity contribution in [3.05, 3.63) is 72.9 Å². The molecule has 0 aromatic heterocycles. The van der Waals surface area contributed by atoms with Gasteiger partial charge in [0.15, 0.2) is 6.10 Å². The lowest BCUT2D eigenvalue weighted by Crippen LogP contribution is -2.29. The molecule has 298 valence electrons. The van der Waals surface area contributed by atoms with Crippen LogP contribution in [0, 0.1) is 5.92 Å². The van der Waals surface area contributed by atoms with Crippen LogP contribution in [0.2, 0.25) is 0 Å². The van der Waals surface area contributed by atoms with E-state index >= 15 is 0 Å². The third kappa shape index (κ3) is 34.5. The van der Waals surface area contributed by atoms with E-state index in [1.807, 2.05) is 54.7 Å². The van der Waals surface area contributed by atoms with E-state index in [0.29, 0.717) is 31.6 Å². The first-order valence-corrected chi connectivity index (χ1v) is 20.4. The van der Waals surface area contributed by atoms with E-state index in [1.54, 1.807) is 6.08 Å². The molecular formula is C40H67O11P. The van der Waals surface area contributed by atoms with Crippen LogP contribution >= 0.6 is 7.82 Å². The Labute approximate surface area is 312 Å². The summed E-state index contributed by atoms with van der Waals surface area (Å²) in [5.74, 6) is -0.349. The molecule has 12 heteroatoms. The highest BCUT2D eigenvalue weighted by atomic mass is 31.2. The van der Waals surface area contributed by atoms with Crippen LogP contribution in [0.4, 0.5) is 0 Å². The Bertz CT molecular complexity index is 1130. The number of aliphatic hydroxyl groups is 3. The van der Waals surface area contributed by atoms with E-state index in [-0.39, 0.29) is 19.4 Å². The smallest absolute Gasteiger partial charge is 0.462 e. The first-order valence-electron chi connectivity index (χ1n) is 18.9. The summed E-state index contributed by atoms with van der Waals surface area (Å²) in [5.41, 5.74) is 0. The van der Waals surface area contributed by atoms with E-state index in [2.05, 4.69) is 37.4 Å². The molecule has 0 heterocycles. The molecule has 11 nitrogen and oxygen atoms in total. The Kier molecular flexibility index (Phi) is 32.4. The lowest BCUT2D eigenvalue weighted by atomic mass is 10.0. The topological polar surface area (TPSA) is 169 Å². The SMILES string of the molecule is CC/C=C\CC(O)/C=C/C=C/C/C=C\C/C=C\C/C=C\CCC(=O)O[C@H](COC(=O)CCCCCCCCC(C)C)COP(=O)(O)OC[C@@H](O)CO. The Morgan fingerprint density at radius 2 is 1.33 bits per heavy atom. The molecule has 0 bridgehead atoms. The second-order valence-electron chi connectivity index (χ2n) is 12.9. The number of phosphoric acid groups is 1. The highest BCUT2D eigenvalue weighted by Gasteiger charge is 2.27. The summed E-state index contributed by atoms with van der Waals surface area (Å²) in [5, 5.41) is 28.1. The number of rotatable bonds is 33. The van der Waals surface area contributed by atoms with Gasteiger partial charge in [0, 0.05) is 12.8 Å². The molecule has 0 aliphatic heterocycles. The minimum absolute atomic E-state index is 0.0398. The fourth-order valence-electron chi connectivity index (χ4n) is 4.46. The fourth-order valence-corrected chi connectivity index (χ4v) is 5.25. The maximum absolute atomic E-state index is 12.5. The number of phosphoric ester groups is 1. The van der Waals surface area contributed by atoms with Gasteiger partial charge in [-0.15, -0.1) is 0 Å². The van der Waals surface area contributed by atoms with Gasteiger partial charge in [-0.05, 0) is 50.9 Å². The molecule has 4 atom stereocenters. The quantitative estimate of drug-likeness (QED) is 0.0168. The van der Waals surface area contributed by atoms with Crippen molar-refractivity contribution in [3.63, 3.8) is 0 Å². The van der Waals surface area contributed by atoms with E-state index in [4.69, 9.17) is 19.1 Å². The third-order valence-corrected chi connectivity index (χ3v) is 8.35. The number of ether oxygens (including phenoxy) is 2. The zero-order valence-electron chi connectivity index (χ0n) is 31.8. The number of unbranched alkanes of at least 4 members (excludes halogenated alkanes) is 5. The summed E-state index contributed by atoms with van der Waals surface area (Å²) >= 11 is 0. The Hall–Kier alpha value is -2.63. The molecule has 0 rings (SSSR count). The van der Waals surface area contributed by atoms with Gasteiger partial charge in [0.25, 0.3) is 0 Å². The number of aliphatic hydroxyl groups excluding tert-OH is 3. The first-order chi connectivity index (χ1) is 25.0. The van der Waals surface area contributed by atoms with Gasteiger partial charge < -0.3 is 29.7 Å². The van der Waals surface area contributed by atoms with E-state index < -0.39 is 57.9 Å². The van der Waals surface area contributed by atoms with Crippen LogP contribution in [0.25, 0.3) is 0 Å². The summed E-state index contributed by atoms with van der Waals surface area (Å²) in [7, 11) is -4.64. The molecule has 0 fully saturated rings. The van der Waals surface area contributed by atoms with Gasteiger partial charge in [0.05, 0.1) is 25.9 Å². The molecule has 0 saturated heterocycles. The van der Waals surface area contributed by atoms with Gasteiger partial charge in [-0.3, -0.25) is 18.6 Å². The molecule has 0 aromatic carbocycles. The number of carbonyl (C=O) groups excluding carboxylic acids is 2. The molecule has 4 N–H and O–H groups in total. The molecular weight excluding hydrogens is 687 g/mol. The summed E-state index contributed by atoms with van der Waals surface area (Å²) in [6.45, 7) is 4.25. The summed E-state index contributed by atoms with van der Waals surface area (Å²) in [4.78, 5) is 34.7. The lowest BCUT2D eigenvalue weighted by molar-refractivity contribution is -0.161. The molecule has 0 radical (unpaired) electrons. The van der Waals surface area contributed by atoms with Gasteiger partial charge in [-0.1, -0.05) is 132 Å². The summed E-state index contributed by atoms with van der Waals surface area (Å²) in [6, 6.07) is 0. The fraction of sp³-hybridized carbons (Fsp3) is 0.650. The van der Waals surface area contributed by atoms with Crippen LogP contribution in [0.3, 0.4) is 0 Å². The van der Waals surface area contributed by atoms with Crippen LogP contribution in [0.1, 0.15) is 117 Å². The average Bonchev–Trinajstić information content (AvgIpc) is 3.11. The maximum Gasteiger partial charge on any atom is 0.472 e. The van der Waals surface area contributed by atoms with Gasteiger partial charge >= 0.3 is 19.8 Å². The molecule has 0 amide bonds. The molecule has 0 aliphatic carbocycles. The summed E-state index contributed by atoms with van der Waals surface area (Å²) < 4.78 is 32.4. The second kappa shape index (κ2) is 34.2. The Morgan fingerprint density at radius 1 is 0.712 bits per heavy atom. The minimum Gasteiger partial charge on any atom is -0.462 e. The first kappa shape index (κ1) is 49.4. The van der Waals surface area contributed by atoms with Crippen LogP contribution in [-0.4, -0.2) is 76.9 Å². The predicted molar refractivity (Wildman–Crippen MR) is 206 cm³/mol. The molecule has 0 saturated carbocycles. The van der Waals surface area contributed by atoms with Crippen molar-refractivity contribution in [2.45, 2.75) is 135 Å². The monoisotopic (exact) mass is 754 g/mol. The van der Waals surface area contributed by atoms with Crippen molar-refractivity contribution < 1.29 is 52.9 Å².